The van der Waals surface area contributed by atoms with Crippen LogP contribution in [0.5, 0.6) is 0 Å². The van der Waals surface area contributed by atoms with Crippen LogP contribution in [0.15, 0.2) is 0 Å². The second-order valence-corrected chi connectivity index (χ2v) is 1.19. The molecule has 0 saturated carbocycles. The lowest BCUT2D eigenvalue weighted by molar-refractivity contribution is -0.135. The first-order valence-corrected chi connectivity index (χ1v) is 1.87. The van der Waals surface area contributed by atoms with E-state index in [1.807, 2.05) is 0 Å². The van der Waals surface area contributed by atoms with Gasteiger partial charge in [-0.25, -0.2) is 0 Å². The molecule has 1 aliphatic rings. The maximum Gasteiger partial charge on any atom is 0.310 e. The van der Waals surface area contributed by atoms with Crippen LogP contribution in [-0.4, -0.2) is 18.5 Å². The Labute approximate surface area is 39.9 Å². The van der Waals surface area contributed by atoms with Crippen LogP contribution in [0.4, 0.5) is 0 Å². The largest absolute Gasteiger partial charge is 0.330 e. The summed E-state index contributed by atoms with van der Waals surface area (Å²) in [6.07, 6.45) is 0. The average molecular weight is 100 g/mol. The van der Waals surface area contributed by atoms with Crippen LogP contribution in [-0.2, 0) is 9.59 Å². The Balaban J connectivity index is 2.65. The van der Waals surface area contributed by atoms with E-state index in [-0.39, 0.29) is 6.67 Å². The van der Waals surface area contributed by atoms with Crippen LogP contribution in [0.25, 0.3) is 0 Å². The summed E-state index contributed by atoms with van der Waals surface area (Å²) in [4.78, 5) is 20.1. The molecule has 0 aromatic rings. The maximum absolute atomic E-state index is 10.1. The predicted octanol–water partition coefficient (Wildman–Crippen LogP) is -1.81. The fourth-order valence-electron chi connectivity index (χ4n) is 0.365. The molecule has 0 aromatic carbocycles. The molecule has 1 heterocycles. The lowest BCUT2D eigenvalue weighted by Crippen LogP contribution is -2.19. The van der Waals surface area contributed by atoms with Crippen molar-refractivity contribution in [1.82, 2.24) is 10.6 Å². The van der Waals surface area contributed by atoms with E-state index in [0.29, 0.717) is 0 Å². The summed E-state index contributed by atoms with van der Waals surface area (Å²) < 4.78 is 0. The molecular formula is C3H4N2O2. The van der Waals surface area contributed by atoms with Crippen LogP contribution < -0.4 is 10.6 Å². The van der Waals surface area contributed by atoms with Gasteiger partial charge in [0, 0.05) is 0 Å². The molecule has 0 aromatic heterocycles. The van der Waals surface area contributed by atoms with Gasteiger partial charge in [-0.3, -0.25) is 9.59 Å². The minimum atomic E-state index is -0.542. The summed E-state index contributed by atoms with van der Waals surface area (Å²) in [7, 11) is 0. The average Bonchev–Trinajstić information content (AvgIpc) is 1.91. The summed E-state index contributed by atoms with van der Waals surface area (Å²) in [5.41, 5.74) is 0. The highest BCUT2D eigenvalue weighted by molar-refractivity contribution is 6.36. The van der Waals surface area contributed by atoms with E-state index in [1.165, 1.54) is 0 Å². The Bertz CT molecular complexity index is 106. The van der Waals surface area contributed by atoms with Crippen molar-refractivity contribution >= 4 is 11.8 Å². The van der Waals surface area contributed by atoms with Crippen LogP contribution in [0.2, 0.25) is 0 Å². The fraction of sp³-hybridized carbons (Fsp3) is 0.333. The lowest BCUT2D eigenvalue weighted by Gasteiger charge is -1.77. The number of amides is 2. The van der Waals surface area contributed by atoms with E-state index in [2.05, 4.69) is 10.6 Å². The van der Waals surface area contributed by atoms with Crippen molar-refractivity contribution in [2.24, 2.45) is 0 Å². The van der Waals surface area contributed by atoms with Crippen LogP contribution in [0, 0.1) is 0 Å². The predicted molar refractivity (Wildman–Crippen MR) is 21.2 cm³/mol. The van der Waals surface area contributed by atoms with Crippen molar-refractivity contribution in [2.75, 3.05) is 6.67 Å². The Morgan fingerprint density at radius 1 is 1.14 bits per heavy atom. The Kier molecular flexibility index (Phi) is 0.714. The van der Waals surface area contributed by atoms with E-state index in [4.69, 9.17) is 0 Å². The van der Waals surface area contributed by atoms with Crippen molar-refractivity contribution in [3.05, 3.63) is 0 Å². The minimum Gasteiger partial charge on any atom is -0.330 e. The van der Waals surface area contributed by atoms with Gasteiger partial charge in [-0.05, 0) is 0 Å². The highest BCUT2D eigenvalue weighted by atomic mass is 16.2. The number of nitrogens with one attached hydrogen (secondary N) is 2. The smallest absolute Gasteiger partial charge is 0.310 e. The van der Waals surface area contributed by atoms with E-state index in [9.17, 15) is 9.59 Å². The number of carbonyl (C=O) groups is 2. The summed E-state index contributed by atoms with van der Waals surface area (Å²) >= 11 is 0. The monoisotopic (exact) mass is 100 g/mol. The Morgan fingerprint density at radius 3 is 1.71 bits per heavy atom. The van der Waals surface area contributed by atoms with Gasteiger partial charge in [0.25, 0.3) is 0 Å². The molecular weight excluding hydrogens is 96.0 g/mol. The van der Waals surface area contributed by atoms with Gasteiger partial charge < -0.3 is 10.6 Å². The van der Waals surface area contributed by atoms with Crippen LogP contribution in [0.3, 0.4) is 0 Å². The molecule has 0 bridgehead atoms. The Morgan fingerprint density at radius 2 is 1.57 bits per heavy atom. The van der Waals surface area contributed by atoms with Gasteiger partial charge in [-0.2, -0.15) is 0 Å². The van der Waals surface area contributed by atoms with Crippen LogP contribution >= 0.6 is 0 Å². The van der Waals surface area contributed by atoms with Crippen molar-refractivity contribution < 1.29 is 9.59 Å². The number of hydrogen-bond acceptors (Lipinski definition) is 2. The molecule has 0 spiro atoms. The van der Waals surface area contributed by atoms with Crippen molar-refractivity contribution in [2.45, 2.75) is 0 Å². The molecule has 0 atom stereocenters. The molecule has 0 aliphatic carbocycles. The molecule has 1 rings (SSSR count). The van der Waals surface area contributed by atoms with Crippen molar-refractivity contribution in [1.29, 1.82) is 0 Å². The lowest BCUT2D eigenvalue weighted by atomic mass is 10.6. The third kappa shape index (κ3) is 0.534. The first kappa shape index (κ1) is 4.11. The zero-order valence-electron chi connectivity index (χ0n) is 3.52. The molecule has 0 unspecified atom stereocenters. The second kappa shape index (κ2) is 1.22. The molecule has 2 N–H and O–H groups in total. The van der Waals surface area contributed by atoms with Gasteiger partial charge in [0.1, 0.15) is 0 Å². The quantitative estimate of drug-likeness (QED) is 0.352. The zero-order chi connectivity index (χ0) is 5.28. The molecule has 1 saturated heterocycles. The van der Waals surface area contributed by atoms with E-state index in [0.717, 1.165) is 0 Å². The van der Waals surface area contributed by atoms with Gasteiger partial charge in [-0.1, -0.05) is 0 Å². The third-order valence-corrected chi connectivity index (χ3v) is 0.704. The van der Waals surface area contributed by atoms with Gasteiger partial charge in [0.2, 0.25) is 0 Å². The van der Waals surface area contributed by atoms with Gasteiger partial charge in [0.05, 0.1) is 6.67 Å². The number of rotatable bonds is 0. The molecule has 4 nitrogen and oxygen atoms in total. The summed E-state index contributed by atoms with van der Waals surface area (Å²) in [5.74, 6) is -1.08. The second-order valence-electron chi connectivity index (χ2n) is 1.19. The normalized spacial score (nSPS) is 18.9. The van der Waals surface area contributed by atoms with Crippen molar-refractivity contribution in [3.8, 4) is 0 Å². The minimum absolute atomic E-state index is 0.275. The first-order valence-electron chi connectivity index (χ1n) is 1.87. The Hall–Kier alpha value is -1.06. The summed E-state index contributed by atoms with van der Waals surface area (Å²) in [5, 5.41) is 4.54. The molecule has 2 amide bonds. The van der Waals surface area contributed by atoms with Crippen molar-refractivity contribution in [3.63, 3.8) is 0 Å². The first-order chi connectivity index (χ1) is 3.30. The third-order valence-electron chi connectivity index (χ3n) is 0.704. The van der Waals surface area contributed by atoms with E-state index >= 15 is 0 Å². The van der Waals surface area contributed by atoms with Gasteiger partial charge in [-0.15, -0.1) is 0 Å². The molecule has 7 heavy (non-hydrogen) atoms. The number of hydrogen-bond donors (Lipinski definition) is 2. The van der Waals surface area contributed by atoms with Gasteiger partial charge >= 0.3 is 11.8 Å². The SMILES string of the molecule is O=C1NCNC1=O. The van der Waals surface area contributed by atoms with Crippen LogP contribution in [0.1, 0.15) is 0 Å². The highest BCUT2D eigenvalue weighted by Crippen LogP contribution is 1.72. The summed E-state index contributed by atoms with van der Waals surface area (Å²) in [6.45, 7) is 0.275. The molecule has 1 fully saturated rings. The molecule has 0 radical (unpaired) electrons. The highest BCUT2D eigenvalue weighted by Gasteiger charge is 2.17. The molecule has 4 heteroatoms. The van der Waals surface area contributed by atoms with E-state index < -0.39 is 11.8 Å². The molecule has 1 aliphatic heterocycles. The summed E-state index contributed by atoms with van der Waals surface area (Å²) in [6, 6.07) is 0. The number of carbonyl (C=O) groups excluding carboxylic acids is 2. The fourth-order valence-corrected chi connectivity index (χ4v) is 0.365. The van der Waals surface area contributed by atoms with E-state index in [1.54, 1.807) is 0 Å². The standard InChI is InChI=1S/C3H4N2O2/c6-2-3(7)5-1-4-2/h1H2,(H,4,6)(H,5,7). The maximum atomic E-state index is 10.1. The molecule has 38 valence electrons. The zero-order valence-corrected chi connectivity index (χ0v) is 3.52. The van der Waals surface area contributed by atoms with Gasteiger partial charge in [0.15, 0.2) is 0 Å². The topological polar surface area (TPSA) is 58.2 Å².